The molecule has 1 fully saturated rings. The second kappa shape index (κ2) is 6.31. The summed E-state index contributed by atoms with van der Waals surface area (Å²) in [6, 6.07) is 8.33. The molecular weight excluding hydrogens is 264 g/mol. The van der Waals surface area contributed by atoms with Crippen molar-refractivity contribution in [2.75, 3.05) is 6.54 Å². The quantitative estimate of drug-likeness (QED) is 0.791. The van der Waals surface area contributed by atoms with Gasteiger partial charge in [0.2, 0.25) is 0 Å². The van der Waals surface area contributed by atoms with Crippen molar-refractivity contribution in [3.63, 3.8) is 0 Å². The Bertz CT molecular complexity index is 612. The van der Waals surface area contributed by atoms with E-state index in [1.807, 2.05) is 6.07 Å². The first kappa shape index (κ1) is 14.1. The van der Waals surface area contributed by atoms with E-state index in [-0.39, 0.29) is 5.92 Å². The molecule has 1 aromatic heterocycles. The maximum atomic E-state index is 10.9. The number of hydrogen-bond donors (Lipinski definition) is 3. The number of aromatic amines is 1. The number of para-hydroxylation sites is 1. The lowest BCUT2D eigenvalue weighted by Gasteiger charge is -2.26. The molecule has 0 radical (unpaired) electrons. The highest BCUT2D eigenvalue weighted by atomic mass is 16.4. The van der Waals surface area contributed by atoms with E-state index in [0.717, 1.165) is 38.8 Å². The number of benzene rings is 1. The number of nitrogens with one attached hydrogen (secondary N) is 2. The Morgan fingerprint density at radius 3 is 2.76 bits per heavy atom. The summed E-state index contributed by atoms with van der Waals surface area (Å²) in [5.41, 5.74) is 2.47. The van der Waals surface area contributed by atoms with E-state index in [1.165, 1.54) is 16.5 Å². The van der Waals surface area contributed by atoms with E-state index < -0.39 is 5.97 Å². The Balaban J connectivity index is 1.48. The molecular formula is C17H22N2O2. The van der Waals surface area contributed by atoms with E-state index in [4.69, 9.17) is 5.11 Å². The molecule has 0 unspecified atom stereocenters. The average molecular weight is 286 g/mol. The van der Waals surface area contributed by atoms with Crippen LogP contribution in [0.5, 0.6) is 0 Å². The summed E-state index contributed by atoms with van der Waals surface area (Å²) in [5.74, 6) is -0.124. The largest absolute Gasteiger partial charge is 0.481 e. The highest BCUT2D eigenvalue weighted by molar-refractivity contribution is 5.82. The predicted octanol–water partition coefficient (Wildman–Crippen LogP) is 3.15. The lowest BCUT2D eigenvalue weighted by molar-refractivity contribution is -0.143. The van der Waals surface area contributed by atoms with Crippen molar-refractivity contribution in [3.8, 4) is 0 Å². The maximum absolute atomic E-state index is 10.9. The minimum Gasteiger partial charge on any atom is -0.481 e. The summed E-state index contributed by atoms with van der Waals surface area (Å²) in [5, 5.41) is 13.8. The second-order valence-electron chi connectivity index (χ2n) is 6.05. The van der Waals surface area contributed by atoms with E-state index in [1.54, 1.807) is 0 Å². The van der Waals surface area contributed by atoms with E-state index in [0.29, 0.717) is 5.92 Å². The van der Waals surface area contributed by atoms with Crippen molar-refractivity contribution in [1.29, 1.82) is 0 Å². The highest BCUT2D eigenvalue weighted by Gasteiger charge is 2.25. The molecule has 0 spiro atoms. The van der Waals surface area contributed by atoms with Gasteiger partial charge in [-0.25, -0.2) is 0 Å². The van der Waals surface area contributed by atoms with Gasteiger partial charge in [0.25, 0.3) is 0 Å². The number of carboxylic acids is 1. The molecule has 3 N–H and O–H groups in total. The molecule has 1 aromatic carbocycles. The summed E-state index contributed by atoms with van der Waals surface area (Å²) in [6.07, 6.45) is 5.78. The van der Waals surface area contributed by atoms with Gasteiger partial charge in [-0.15, -0.1) is 0 Å². The van der Waals surface area contributed by atoms with Crippen LogP contribution in [0.1, 0.15) is 31.2 Å². The van der Waals surface area contributed by atoms with Crippen LogP contribution >= 0.6 is 0 Å². The molecule has 2 aromatic rings. The van der Waals surface area contributed by atoms with Gasteiger partial charge in [0.15, 0.2) is 0 Å². The van der Waals surface area contributed by atoms with Crippen LogP contribution < -0.4 is 5.32 Å². The van der Waals surface area contributed by atoms with Crippen molar-refractivity contribution < 1.29 is 9.90 Å². The SMILES string of the molecule is O=C(O)C1CCC(CNCc2c[nH]c3ccccc23)CC1. The van der Waals surface area contributed by atoms with Crippen LogP contribution in [0.25, 0.3) is 10.9 Å². The predicted molar refractivity (Wildman–Crippen MR) is 83.1 cm³/mol. The lowest BCUT2D eigenvalue weighted by atomic mass is 9.82. The van der Waals surface area contributed by atoms with Crippen LogP contribution in [0.4, 0.5) is 0 Å². The number of fused-ring (bicyclic) bond motifs is 1. The number of carboxylic acid groups (broad SMARTS) is 1. The van der Waals surface area contributed by atoms with Crippen molar-refractivity contribution >= 4 is 16.9 Å². The van der Waals surface area contributed by atoms with Crippen LogP contribution in [-0.2, 0) is 11.3 Å². The van der Waals surface area contributed by atoms with E-state index in [2.05, 4.69) is 34.7 Å². The van der Waals surface area contributed by atoms with Crippen LogP contribution in [0.2, 0.25) is 0 Å². The number of aliphatic carboxylic acids is 1. The monoisotopic (exact) mass is 286 g/mol. The third kappa shape index (κ3) is 3.27. The van der Waals surface area contributed by atoms with Gasteiger partial charge in [0.05, 0.1) is 5.92 Å². The minimum atomic E-state index is -0.625. The molecule has 0 atom stereocenters. The first-order valence-corrected chi connectivity index (χ1v) is 7.72. The van der Waals surface area contributed by atoms with Crippen LogP contribution in [0.15, 0.2) is 30.5 Å². The fourth-order valence-electron chi connectivity index (χ4n) is 3.30. The molecule has 3 rings (SSSR count). The zero-order valence-corrected chi connectivity index (χ0v) is 12.1. The van der Waals surface area contributed by atoms with Crippen molar-refractivity contribution in [1.82, 2.24) is 10.3 Å². The Morgan fingerprint density at radius 2 is 2.00 bits per heavy atom. The Labute approximate surface area is 124 Å². The highest BCUT2D eigenvalue weighted by Crippen LogP contribution is 2.28. The van der Waals surface area contributed by atoms with Gasteiger partial charge in [-0.05, 0) is 49.8 Å². The van der Waals surface area contributed by atoms with Crippen LogP contribution in [0.3, 0.4) is 0 Å². The van der Waals surface area contributed by atoms with Crippen molar-refractivity contribution in [2.24, 2.45) is 11.8 Å². The zero-order valence-electron chi connectivity index (χ0n) is 12.1. The topological polar surface area (TPSA) is 65.1 Å². The van der Waals surface area contributed by atoms with Crippen LogP contribution in [0, 0.1) is 11.8 Å². The molecule has 1 aliphatic rings. The molecule has 1 heterocycles. The van der Waals surface area contributed by atoms with Gasteiger partial charge in [-0.3, -0.25) is 4.79 Å². The van der Waals surface area contributed by atoms with Crippen LogP contribution in [-0.4, -0.2) is 22.6 Å². The Hall–Kier alpha value is -1.81. The van der Waals surface area contributed by atoms with Crippen molar-refractivity contribution in [3.05, 3.63) is 36.0 Å². The lowest BCUT2D eigenvalue weighted by Crippen LogP contribution is -2.28. The summed E-state index contributed by atoms with van der Waals surface area (Å²) in [7, 11) is 0. The molecule has 112 valence electrons. The third-order valence-corrected chi connectivity index (χ3v) is 4.62. The van der Waals surface area contributed by atoms with Gasteiger partial charge in [0, 0.05) is 23.6 Å². The summed E-state index contributed by atoms with van der Waals surface area (Å²) in [4.78, 5) is 14.2. The molecule has 0 saturated heterocycles. The van der Waals surface area contributed by atoms with Gasteiger partial charge >= 0.3 is 5.97 Å². The number of aromatic nitrogens is 1. The molecule has 1 saturated carbocycles. The number of hydrogen-bond acceptors (Lipinski definition) is 2. The molecule has 4 nitrogen and oxygen atoms in total. The minimum absolute atomic E-state index is 0.116. The van der Waals surface area contributed by atoms with E-state index >= 15 is 0 Å². The van der Waals surface area contributed by atoms with Gasteiger partial charge in [-0.2, -0.15) is 0 Å². The fraction of sp³-hybridized carbons (Fsp3) is 0.471. The zero-order chi connectivity index (χ0) is 14.7. The molecule has 4 heteroatoms. The number of H-pyrrole nitrogens is 1. The third-order valence-electron chi connectivity index (χ3n) is 4.62. The second-order valence-corrected chi connectivity index (χ2v) is 6.05. The fourth-order valence-corrected chi connectivity index (χ4v) is 3.30. The first-order chi connectivity index (χ1) is 10.2. The van der Waals surface area contributed by atoms with Gasteiger partial charge in [0.1, 0.15) is 0 Å². The maximum Gasteiger partial charge on any atom is 0.306 e. The summed E-state index contributed by atoms with van der Waals surface area (Å²) in [6.45, 7) is 1.84. The van der Waals surface area contributed by atoms with Crippen molar-refractivity contribution in [2.45, 2.75) is 32.2 Å². The van der Waals surface area contributed by atoms with Gasteiger partial charge in [-0.1, -0.05) is 18.2 Å². The van der Waals surface area contributed by atoms with Gasteiger partial charge < -0.3 is 15.4 Å². The molecule has 0 aliphatic heterocycles. The molecule has 21 heavy (non-hydrogen) atoms. The molecule has 0 bridgehead atoms. The number of carbonyl (C=O) groups is 1. The molecule has 0 amide bonds. The first-order valence-electron chi connectivity index (χ1n) is 7.72. The van der Waals surface area contributed by atoms with E-state index in [9.17, 15) is 4.79 Å². The average Bonchev–Trinajstić information content (AvgIpc) is 2.91. The smallest absolute Gasteiger partial charge is 0.306 e. The normalized spacial score (nSPS) is 22.5. The summed E-state index contributed by atoms with van der Waals surface area (Å²) >= 11 is 0. The Morgan fingerprint density at radius 1 is 1.24 bits per heavy atom. The molecule has 1 aliphatic carbocycles. The summed E-state index contributed by atoms with van der Waals surface area (Å²) < 4.78 is 0. The standard InChI is InChI=1S/C17H22N2O2/c20-17(21)13-7-5-12(6-8-13)9-18-10-14-11-19-16-4-2-1-3-15(14)16/h1-4,11-13,18-19H,5-10H2,(H,20,21). The number of rotatable bonds is 5. The Kier molecular flexibility index (Phi) is 4.25.